The molecule has 26 heavy (non-hydrogen) atoms. The van der Waals surface area contributed by atoms with Crippen LogP contribution in [-0.4, -0.2) is 27.8 Å². The Hall–Kier alpha value is -2.87. The number of benzene rings is 1. The molecular weight excluding hydrogens is 352 g/mol. The van der Waals surface area contributed by atoms with Crippen LogP contribution in [0.3, 0.4) is 0 Å². The molecule has 0 aliphatic heterocycles. The quantitative estimate of drug-likeness (QED) is 0.696. The van der Waals surface area contributed by atoms with E-state index in [0.29, 0.717) is 22.8 Å². The van der Waals surface area contributed by atoms with Crippen molar-refractivity contribution in [3.63, 3.8) is 0 Å². The Labute approximate surface area is 154 Å². The molecule has 0 saturated carbocycles. The van der Waals surface area contributed by atoms with Crippen molar-refractivity contribution in [2.75, 3.05) is 12.4 Å². The summed E-state index contributed by atoms with van der Waals surface area (Å²) in [6.45, 7) is 3.71. The number of aromatic nitrogens is 3. The number of carbonyl (C=O) groups excluding carboxylic acids is 1. The summed E-state index contributed by atoms with van der Waals surface area (Å²) in [5, 5.41) is 8.35. The zero-order chi connectivity index (χ0) is 18.7. The molecule has 0 saturated heterocycles. The number of thiazole rings is 1. The van der Waals surface area contributed by atoms with Crippen LogP contribution in [0.4, 0.5) is 5.69 Å². The third-order valence-corrected chi connectivity index (χ3v) is 4.91. The lowest BCUT2D eigenvalue weighted by Gasteiger charge is -2.06. The fourth-order valence-electron chi connectivity index (χ4n) is 2.59. The van der Waals surface area contributed by atoms with Crippen molar-refractivity contribution in [3.05, 3.63) is 57.0 Å². The zero-order valence-corrected chi connectivity index (χ0v) is 15.6. The Morgan fingerprint density at radius 1 is 1.31 bits per heavy atom. The van der Waals surface area contributed by atoms with Crippen molar-refractivity contribution < 1.29 is 9.53 Å². The van der Waals surface area contributed by atoms with Gasteiger partial charge in [-0.05, 0) is 44.5 Å². The van der Waals surface area contributed by atoms with Gasteiger partial charge in [0.25, 0.3) is 5.56 Å². The number of rotatable bonds is 6. The van der Waals surface area contributed by atoms with Gasteiger partial charge >= 0.3 is 0 Å². The highest BCUT2D eigenvalue weighted by Crippen LogP contribution is 2.16. The lowest BCUT2D eigenvalue weighted by atomic mass is 10.1. The number of anilines is 1. The van der Waals surface area contributed by atoms with Crippen LogP contribution in [0.1, 0.15) is 23.4 Å². The Morgan fingerprint density at radius 3 is 2.65 bits per heavy atom. The first-order valence-corrected chi connectivity index (χ1v) is 9.03. The minimum Gasteiger partial charge on any atom is -0.497 e. The van der Waals surface area contributed by atoms with E-state index in [1.165, 1.54) is 16.0 Å². The summed E-state index contributed by atoms with van der Waals surface area (Å²) in [6.07, 6.45) is 0.581. The molecular formula is C18H20N4O3S. The van der Waals surface area contributed by atoms with Gasteiger partial charge in [0, 0.05) is 28.7 Å². The molecule has 3 rings (SSSR count). The summed E-state index contributed by atoms with van der Waals surface area (Å²) >= 11 is 1.40. The van der Waals surface area contributed by atoms with E-state index in [-0.39, 0.29) is 17.9 Å². The maximum atomic E-state index is 12.6. The summed E-state index contributed by atoms with van der Waals surface area (Å²) < 4.78 is 6.52. The van der Waals surface area contributed by atoms with Crippen molar-refractivity contribution in [1.82, 2.24) is 14.8 Å². The first kappa shape index (κ1) is 17.9. The van der Waals surface area contributed by atoms with Crippen LogP contribution in [0.15, 0.2) is 34.4 Å². The molecule has 1 aromatic carbocycles. The van der Waals surface area contributed by atoms with E-state index in [0.717, 1.165) is 17.1 Å². The highest BCUT2D eigenvalue weighted by molar-refractivity contribution is 7.12. The average molecular weight is 372 g/mol. The van der Waals surface area contributed by atoms with Crippen molar-refractivity contribution in [1.29, 1.82) is 0 Å². The van der Waals surface area contributed by atoms with Gasteiger partial charge in [-0.2, -0.15) is 4.68 Å². The van der Waals surface area contributed by atoms with E-state index in [1.54, 1.807) is 31.4 Å². The molecule has 1 amide bonds. The summed E-state index contributed by atoms with van der Waals surface area (Å²) in [7, 11) is 1.59. The van der Waals surface area contributed by atoms with E-state index in [9.17, 15) is 9.59 Å². The predicted molar refractivity (Wildman–Crippen MR) is 101 cm³/mol. The fourth-order valence-corrected chi connectivity index (χ4v) is 3.35. The molecule has 0 spiro atoms. The highest BCUT2D eigenvalue weighted by Gasteiger charge is 2.15. The van der Waals surface area contributed by atoms with Gasteiger partial charge in [0.15, 0.2) is 0 Å². The number of H-pyrrole nitrogens is 1. The Kier molecular flexibility index (Phi) is 5.22. The van der Waals surface area contributed by atoms with Crippen LogP contribution >= 0.6 is 11.3 Å². The number of aryl methyl sites for hydroxylation is 2. The van der Waals surface area contributed by atoms with Crippen LogP contribution in [0.5, 0.6) is 5.75 Å². The average Bonchev–Trinajstić information content (AvgIpc) is 3.17. The fraction of sp³-hybridized carbons (Fsp3) is 0.278. The molecule has 7 nitrogen and oxygen atoms in total. The van der Waals surface area contributed by atoms with Gasteiger partial charge in [-0.1, -0.05) is 0 Å². The number of aromatic amines is 1. The van der Waals surface area contributed by atoms with E-state index >= 15 is 0 Å². The number of nitrogens with one attached hydrogen (secondary N) is 2. The van der Waals surface area contributed by atoms with E-state index in [2.05, 4.69) is 15.4 Å². The lowest BCUT2D eigenvalue weighted by Crippen LogP contribution is -2.19. The third-order valence-electron chi connectivity index (χ3n) is 3.97. The molecule has 2 heterocycles. The van der Waals surface area contributed by atoms with Gasteiger partial charge < -0.3 is 10.1 Å². The second-order valence-electron chi connectivity index (χ2n) is 5.90. The third kappa shape index (κ3) is 3.85. The van der Waals surface area contributed by atoms with Crippen molar-refractivity contribution >= 4 is 22.9 Å². The van der Waals surface area contributed by atoms with E-state index < -0.39 is 0 Å². The molecule has 0 aliphatic carbocycles. The molecule has 8 heteroatoms. The summed E-state index contributed by atoms with van der Waals surface area (Å²) in [4.78, 5) is 29.1. The lowest BCUT2D eigenvalue weighted by molar-refractivity contribution is -0.116. The van der Waals surface area contributed by atoms with Gasteiger partial charge in [-0.3, -0.25) is 14.7 Å². The van der Waals surface area contributed by atoms with Gasteiger partial charge in [-0.15, -0.1) is 11.3 Å². The largest absolute Gasteiger partial charge is 0.497 e. The number of hydrogen-bond acceptors (Lipinski definition) is 5. The monoisotopic (exact) mass is 372 g/mol. The molecule has 0 fully saturated rings. The highest BCUT2D eigenvalue weighted by atomic mass is 32.1. The minimum absolute atomic E-state index is 0.146. The summed E-state index contributed by atoms with van der Waals surface area (Å²) in [6, 6.07) is 7.10. The van der Waals surface area contributed by atoms with Gasteiger partial charge in [0.2, 0.25) is 11.0 Å². The molecule has 0 aliphatic rings. The SMILES string of the molecule is COc1ccc(NC(=O)CCc2c(C)[nH]n(-c3nc(C)cs3)c2=O)cc1. The summed E-state index contributed by atoms with van der Waals surface area (Å²) in [5.74, 6) is 0.579. The molecule has 0 atom stereocenters. The van der Waals surface area contributed by atoms with Gasteiger partial charge in [0.05, 0.1) is 12.8 Å². The van der Waals surface area contributed by atoms with Crippen LogP contribution in [0, 0.1) is 13.8 Å². The second-order valence-corrected chi connectivity index (χ2v) is 6.74. The molecule has 2 N–H and O–H groups in total. The Morgan fingerprint density at radius 2 is 2.04 bits per heavy atom. The van der Waals surface area contributed by atoms with Crippen molar-refractivity contribution in [3.8, 4) is 10.9 Å². The van der Waals surface area contributed by atoms with Crippen LogP contribution in [-0.2, 0) is 11.2 Å². The Bertz CT molecular complexity index is 969. The van der Waals surface area contributed by atoms with E-state index in [1.807, 2.05) is 19.2 Å². The van der Waals surface area contributed by atoms with Gasteiger partial charge in [0.1, 0.15) is 5.75 Å². The minimum atomic E-state index is -0.158. The maximum Gasteiger partial charge on any atom is 0.276 e. The normalized spacial score (nSPS) is 10.7. The number of carbonyl (C=O) groups is 1. The molecule has 0 bridgehead atoms. The molecule has 136 valence electrons. The molecule has 3 aromatic rings. The van der Waals surface area contributed by atoms with Crippen molar-refractivity contribution in [2.45, 2.75) is 26.7 Å². The topological polar surface area (TPSA) is 89.0 Å². The summed E-state index contributed by atoms with van der Waals surface area (Å²) in [5.41, 5.74) is 2.75. The number of methoxy groups -OCH3 is 1. The standard InChI is InChI=1S/C18H20N4O3S/c1-11-10-26-18(19-11)22-17(24)15(12(2)21-22)8-9-16(23)20-13-4-6-14(25-3)7-5-13/h4-7,10,21H,8-9H2,1-3H3,(H,20,23). The van der Waals surface area contributed by atoms with Crippen LogP contribution in [0.25, 0.3) is 5.13 Å². The number of nitrogens with zero attached hydrogens (tertiary/aromatic N) is 2. The maximum absolute atomic E-state index is 12.6. The Balaban J connectivity index is 1.66. The number of hydrogen-bond donors (Lipinski definition) is 2. The van der Waals surface area contributed by atoms with Crippen LogP contribution in [0.2, 0.25) is 0 Å². The number of amides is 1. The molecule has 0 unspecified atom stereocenters. The first-order valence-electron chi connectivity index (χ1n) is 8.15. The smallest absolute Gasteiger partial charge is 0.276 e. The zero-order valence-electron chi connectivity index (χ0n) is 14.8. The number of ether oxygens (including phenoxy) is 1. The molecule has 2 aromatic heterocycles. The van der Waals surface area contributed by atoms with Crippen LogP contribution < -0.4 is 15.6 Å². The first-order chi connectivity index (χ1) is 12.5. The van der Waals surface area contributed by atoms with Gasteiger partial charge in [-0.25, -0.2) is 4.98 Å². The second kappa shape index (κ2) is 7.57. The predicted octanol–water partition coefficient (Wildman–Crippen LogP) is 2.82. The molecule has 0 radical (unpaired) electrons. The van der Waals surface area contributed by atoms with Crippen molar-refractivity contribution in [2.24, 2.45) is 0 Å². The van der Waals surface area contributed by atoms with E-state index in [4.69, 9.17) is 4.74 Å².